The zero-order chi connectivity index (χ0) is 15.4. The van der Waals surface area contributed by atoms with E-state index in [1.54, 1.807) is 18.2 Å². The first kappa shape index (κ1) is 16.4. The fourth-order valence-corrected chi connectivity index (χ4v) is 3.03. The van der Waals surface area contributed by atoms with E-state index in [4.69, 9.17) is 10.6 Å². The summed E-state index contributed by atoms with van der Waals surface area (Å²) in [6.45, 7) is 0. The second kappa shape index (κ2) is 7.35. The Morgan fingerprint density at radius 2 is 2.05 bits per heavy atom. The summed E-state index contributed by atoms with van der Waals surface area (Å²) >= 11 is 6.93. The summed E-state index contributed by atoms with van der Waals surface area (Å²) in [7, 11) is 1.45. The third-order valence-corrected chi connectivity index (χ3v) is 4.44. The summed E-state index contributed by atoms with van der Waals surface area (Å²) in [5.74, 6) is 5.53. The molecule has 3 N–H and O–H groups in total. The van der Waals surface area contributed by atoms with Crippen LogP contribution in [0.2, 0.25) is 0 Å². The molecule has 2 rings (SSSR count). The highest BCUT2D eigenvalue weighted by Gasteiger charge is 2.18. The smallest absolute Gasteiger partial charge is 0.168 e. The summed E-state index contributed by atoms with van der Waals surface area (Å²) in [5, 5.41) is 0. The number of hydrogen-bond donors (Lipinski definition) is 2. The van der Waals surface area contributed by atoms with Crippen LogP contribution in [0, 0.1) is 5.82 Å². The van der Waals surface area contributed by atoms with Crippen molar-refractivity contribution >= 4 is 31.9 Å². The summed E-state index contributed by atoms with van der Waals surface area (Å²) in [6.07, 6.45) is 0.411. The van der Waals surface area contributed by atoms with Gasteiger partial charge in [-0.3, -0.25) is 11.3 Å². The first-order chi connectivity index (χ1) is 10.1. The molecular formula is C15H15Br2FN2O. The Balaban J connectivity index is 2.33. The quantitative estimate of drug-likeness (QED) is 0.568. The normalized spacial score (nSPS) is 12.2. The van der Waals surface area contributed by atoms with Crippen LogP contribution in [0.5, 0.6) is 5.75 Å². The average molecular weight is 418 g/mol. The van der Waals surface area contributed by atoms with Gasteiger partial charge in [0.1, 0.15) is 0 Å². The topological polar surface area (TPSA) is 47.3 Å². The summed E-state index contributed by atoms with van der Waals surface area (Å²) in [4.78, 5) is 0. The summed E-state index contributed by atoms with van der Waals surface area (Å²) < 4.78 is 21.1. The Hall–Kier alpha value is -0.950. The van der Waals surface area contributed by atoms with Crippen LogP contribution in [0.15, 0.2) is 45.3 Å². The van der Waals surface area contributed by atoms with Gasteiger partial charge in [-0.1, -0.05) is 44.0 Å². The highest BCUT2D eigenvalue weighted by molar-refractivity contribution is 9.11. The standard InChI is InChI=1S/C15H15Br2FN2O/c1-21-14-4-2-3-9(15(14)18)7-13(20-19)11-8-10(16)5-6-12(11)17/h2-6,8,13,20H,7,19H2,1H3. The van der Waals surface area contributed by atoms with Crippen molar-refractivity contribution in [2.24, 2.45) is 5.84 Å². The monoisotopic (exact) mass is 416 g/mol. The molecule has 0 saturated heterocycles. The van der Waals surface area contributed by atoms with Crippen LogP contribution in [-0.4, -0.2) is 7.11 Å². The molecule has 0 aliphatic rings. The summed E-state index contributed by atoms with van der Waals surface area (Å²) in [6, 6.07) is 10.7. The number of nitrogens with one attached hydrogen (secondary N) is 1. The second-order valence-electron chi connectivity index (χ2n) is 4.52. The van der Waals surface area contributed by atoms with Crippen LogP contribution in [0.3, 0.4) is 0 Å². The van der Waals surface area contributed by atoms with E-state index >= 15 is 0 Å². The van der Waals surface area contributed by atoms with E-state index in [1.807, 2.05) is 18.2 Å². The maximum absolute atomic E-state index is 14.3. The number of benzene rings is 2. The van der Waals surface area contributed by atoms with Crippen molar-refractivity contribution in [2.75, 3.05) is 7.11 Å². The molecule has 112 valence electrons. The van der Waals surface area contributed by atoms with E-state index in [1.165, 1.54) is 7.11 Å². The average Bonchev–Trinajstić information content (AvgIpc) is 2.49. The number of rotatable bonds is 5. The molecule has 0 aromatic heterocycles. The molecule has 0 spiro atoms. The lowest BCUT2D eigenvalue weighted by atomic mass is 9.99. The maximum atomic E-state index is 14.3. The Morgan fingerprint density at radius 1 is 1.29 bits per heavy atom. The largest absolute Gasteiger partial charge is 0.494 e. The minimum absolute atomic E-state index is 0.224. The molecule has 0 bridgehead atoms. The SMILES string of the molecule is COc1cccc(CC(NN)c2cc(Br)ccc2Br)c1F. The third kappa shape index (κ3) is 3.83. The highest BCUT2D eigenvalue weighted by Crippen LogP contribution is 2.30. The van der Waals surface area contributed by atoms with Crippen LogP contribution < -0.4 is 16.0 Å². The first-order valence-corrected chi connectivity index (χ1v) is 7.88. The van der Waals surface area contributed by atoms with Gasteiger partial charge in [0.2, 0.25) is 0 Å². The van der Waals surface area contributed by atoms with E-state index in [-0.39, 0.29) is 17.6 Å². The van der Waals surface area contributed by atoms with Gasteiger partial charge in [-0.05, 0) is 41.8 Å². The van der Waals surface area contributed by atoms with Gasteiger partial charge >= 0.3 is 0 Å². The molecule has 2 aromatic carbocycles. The highest BCUT2D eigenvalue weighted by atomic mass is 79.9. The Kier molecular flexibility index (Phi) is 5.75. The van der Waals surface area contributed by atoms with Gasteiger partial charge in [0, 0.05) is 8.95 Å². The van der Waals surface area contributed by atoms with Crippen molar-refractivity contribution in [3.05, 3.63) is 62.3 Å². The molecule has 0 aliphatic carbocycles. The molecule has 1 unspecified atom stereocenters. The van der Waals surface area contributed by atoms with Crippen LogP contribution in [-0.2, 0) is 6.42 Å². The number of methoxy groups -OCH3 is 1. The molecule has 3 nitrogen and oxygen atoms in total. The molecule has 0 amide bonds. The predicted molar refractivity (Wildman–Crippen MR) is 88.6 cm³/mol. The minimum atomic E-state index is -0.355. The van der Waals surface area contributed by atoms with Gasteiger partial charge in [-0.15, -0.1) is 0 Å². The lowest BCUT2D eigenvalue weighted by molar-refractivity contribution is 0.382. The van der Waals surface area contributed by atoms with E-state index < -0.39 is 0 Å². The zero-order valence-corrected chi connectivity index (χ0v) is 14.5. The lowest BCUT2D eigenvalue weighted by Gasteiger charge is -2.19. The molecule has 0 saturated carbocycles. The molecular weight excluding hydrogens is 403 g/mol. The van der Waals surface area contributed by atoms with Gasteiger partial charge < -0.3 is 4.74 Å². The van der Waals surface area contributed by atoms with Gasteiger partial charge in [-0.25, -0.2) is 4.39 Å². The summed E-state index contributed by atoms with van der Waals surface area (Å²) in [5.41, 5.74) is 4.24. The van der Waals surface area contributed by atoms with Crippen LogP contribution in [0.25, 0.3) is 0 Å². The van der Waals surface area contributed by atoms with Crippen molar-refractivity contribution in [1.29, 1.82) is 0 Å². The number of hydrogen-bond acceptors (Lipinski definition) is 3. The number of nitrogens with two attached hydrogens (primary N) is 1. The Bertz CT molecular complexity index is 637. The van der Waals surface area contributed by atoms with Gasteiger partial charge in [0.05, 0.1) is 13.2 Å². The number of halogens is 3. The molecule has 1 atom stereocenters. The fourth-order valence-electron chi connectivity index (χ4n) is 2.13. The number of hydrazine groups is 1. The van der Waals surface area contributed by atoms with Crippen molar-refractivity contribution < 1.29 is 9.13 Å². The Morgan fingerprint density at radius 3 is 2.71 bits per heavy atom. The van der Waals surface area contributed by atoms with Gasteiger partial charge in [0.15, 0.2) is 11.6 Å². The molecule has 0 radical (unpaired) electrons. The van der Waals surface area contributed by atoms with E-state index in [0.717, 1.165) is 14.5 Å². The molecule has 0 aliphatic heterocycles. The van der Waals surface area contributed by atoms with E-state index in [2.05, 4.69) is 37.3 Å². The molecule has 2 aromatic rings. The van der Waals surface area contributed by atoms with Crippen molar-refractivity contribution in [2.45, 2.75) is 12.5 Å². The lowest BCUT2D eigenvalue weighted by Crippen LogP contribution is -2.30. The predicted octanol–water partition coefficient (Wildman–Crippen LogP) is 4.11. The molecule has 0 fully saturated rings. The number of ether oxygens (including phenoxy) is 1. The molecule has 6 heteroatoms. The second-order valence-corrected chi connectivity index (χ2v) is 6.29. The van der Waals surface area contributed by atoms with Crippen molar-refractivity contribution in [3.8, 4) is 5.75 Å². The van der Waals surface area contributed by atoms with E-state index in [9.17, 15) is 4.39 Å². The van der Waals surface area contributed by atoms with Gasteiger partial charge in [-0.2, -0.15) is 0 Å². The van der Waals surface area contributed by atoms with E-state index in [0.29, 0.717) is 12.0 Å². The Labute approximate surface area is 139 Å². The van der Waals surface area contributed by atoms with Crippen LogP contribution in [0.1, 0.15) is 17.2 Å². The van der Waals surface area contributed by atoms with Crippen LogP contribution in [0.4, 0.5) is 4.39 Å². The van der Waals surface area contributed by atoms with Gasteiger partial charge in [0.25, 0.3) is 0 Å². The molecule has 21 heavy (non-hydrogen) atoms. The first-order valence-electron chi connectivity index (χ1n) is 6.29. The van der Waals surface area contributed by atoms with Crippen molar-refractivity contribution in [1.82, 2.24) is 5.43 Å². The maximum Gasteiger partial charge on any atom is 0.168 e. The van der Waals surface area contributed by atoms with Crippen LogP contribution >= 0.6 is 31.9 Å². The zero-order valence-electron chi connectivity index (χ0n) is 11.4. The third-order valence-electron chi connectivity index (χ3n) is 3.22. The minimum Gasteiger partial charge on any atom is -0.494 e. The van der Waals surface area contributed by atoms with Crippen molar-refractivity contribution in [3.63, 3.8) is 0 Å². The molecule has 0 heterocycles. The fraction of sp³-hybridized carbons (Fsp3) is 0.200.